The highest BCUT2D eigenvalue weighted by atomic mass is 79.9. The van der Waals surface area contributed by atoms with Gasteiger partial charge < -0.3 is 9.47 Å². The van der Waals surface area contributed by atoms with Gasteiger partial charge in [-0.15, -0.1) is 0 Å². The molecule has 2 aromatic carbocycles. The van der Waals surface area contributed by atoms with Gasteiger partial charge in [-0.1, -0.05) is 29.3 Å². The largest absolute Gasteiger partial charge is 0.493 e. The summed E-state index contributed by atoms with van der Waals surface area (Å²) < 4.78 is 24.2. The molecule has 7 heteroatoms. The Balaban J connectivity index is 2.37. The van der Waals surface area contributed by atoms with Gasteiger partial charge in [0, 0.05) is 5.56 Å². The van der Waals surface area contributed by atoms with Crippen LogP contribution in [0.1, 0.15) is 15.9 Å². The van der Waals surface area contributed by atoms with Crippen molar-refractivity contribution in [3.8, 4) is 11.5 Å². The van der Waals surface area contributed by atoms with E-state index in [1.54, 1.807) is 24.3 Å². The standard InChI is InChI=1S/C17H12BrCl2FO3/c1-23-15-4-3-9(6-16(15)24-2)5-11(18)17(22)10-7-14(21)13(20)8-12(10)19/h3-8H,1-2H3/b11-5-. The number of benzene rings is 2. The molecule has 0 saturated heterocycles. The molecule has 0 saturated carbocycles. The average molecular weight is 434 g/mol. The molecule has 0 spiro atoms. The summed E-state index contributed by atoms with van der Waals surface area (Å²) in [7, 11) is 3.05. The van der Waals surface area contributed by atoms with Crippen LogP contribution in [0.3, 0.4) is 0 Å². The second-order valence-corrected chi connectivity index (χ2v) is 6.35. The monoisotopic (exact) mass is 432 g/mol. The summed E-state index contributed by atoms with van der Waals surface area (Å²) in [5, 5.41) is -0.0689. The third-order valence-corrected chi connectivity index (χ3v) is 4.36. The Kier molecular flexibility index (Phi) is 6.27. The van der Waals surface area contributed by atoms with Crippen molar-refractivity contribution in [2.75, 3.05) is 14.2 Å². The minimum atomic E-state index is -0.712. The molecule has 2 rings (SSSR count). The Morgan fingerprint density at radius 3 is 2.38 bits per heavy atom. The third-order valence-electron chi connectivity index (χ3n) is 3.17. The number of methoxy groups -OCH3 is 2. The number of halogens is 4. The zero-order chi connectivity index (χ0) is 17.9. The first-order valence-electron chi connectivity index (χ1n) is 6.65. The summed E-state index contributed by atoms with van der Waals surface area (Å²) in [5.74, 6) is -0.0873. The van der Waals surface area contributed by atoms with Crippen LogP contribution in [0.5, 0.6) is 11.5 Å². The molecular formula is C17H12BrCl2FO3. The maximum absolute atomic E-state index is 13.6. The first-order chi connectivity index (χ1) is 11.4. The van der Waals surface area contributed by atoms with Crippen LogP contribution in [0.25, 0.3) is 6.08 Å². The van der Waals surface area contributed by atoms with E-state index >= 15 is 0 Å². The van der Waals surface area contributed by atoms with E-state index in [-0.39, 0.29) is 20.1 Å². The van der Waals surface area contributed by atoms with Gasteiger partial charge in [-0.2, -0.15) is 0 Å². The van der Waals surface area contributed by atoms with Crippen molar-refractivity contribution >= 4 is 51.0 Å². The molecule has 0 atom stereocenters. The minimum Gasteiger partial charge on any atom is -0.493 e. The van der Waals surface area contributed by atoms with Gasteiger partial charge in [-0.25, -0.2) is 4.39 Å². The first kappa shape index (κ1) is 18.8. The van der Waals surface area contributed by atoms with Crippen LogP contribution in [-0.4, -0.2) is 20.0 Å². The van der Waals surface area contributed by atoms with Crippen molar-refractivity contribution < 1.29 is 18.7 Å². The number of ketones is 1. The Labute approximate surface area is 157 Å². The molecule has 0 radical (unpaired) electrons. The molecular weight excluding hydrogens is 422 g/mol. The molecule has 0 aliphatic rings. The number of carbonyl (C=O) groups is 1. The van der Waals surface area contributed by atoms with E-state index in [1.807, 2.05) is 0 Å². The lowest BCUT2D eigenvalue weighted by molar-refractivity contribution is 0.104. The predicted octanol–water partition coefficient (Wildman–Crippen LogP) is 5.77. The molecule has 24 heavy (non-hydrogen) atoms. The molecule has 3 nitrogen and oxygen atoms in total. The van der Waals surface area contributed by atoms with Crippen molar-refractivity contribution in [1.29, 1.82) is 0 Å². The van der Waals surface area contributed by atoms with Gasteiger partial charge in [0.05, 0.1) is 28.7 Å². The smallest absolute Gasteiger partial charge is 0.201 e. The SMILES string of the molecule is COc1ccc(/C=C(\Br)C(=O)c2cc(F)c(Cl)cc2Cl)cc1OC. The lowest BCUT2D eigenvalue weighted by atomic mass is 10.1. The van der Waals surface area contributed by atoms with Crippen LogP contribution in [-0.2, 0) is 0 Å². The second kappa shape index (κ2) is 8.01. The molecule has 0 unspecified atom stereocenters. The number of rotatable bonds is 5. The summed E-state index contributed by atoms with van der Waals surface area (Å²) in [6, 6.07) is 7.38. The van der Waals surface area contributed by atoms with Crippen LogP contribution >= 0.6 is 39.1 Å². The maximum atomic E-state index is 13.6. The predicted molar refractivity (Wildman–Crippen MR) is 97.2 cm³/mol. The highest BCUT2D eigenvalue weighted by Crippen LogP contribution is 2.31. The molecule has 0 fully saturated rings. The molecule has 0 bridgehead atoms. The van der Waals surface area contributed by atoms with Crippen molar-refractivity contribution in [2.45, 2.75) is 0 Å². The molecule has 0 aliphatic carbocycles. The third kappa shape index (κ3) is 4.09. The van der Waals surface area contributed by atoms with Crippen molar-refractivity contribution in [2.24, 2.45) is 0 Å². The van der Waals surface area contributed by atoms with Crippen LogP contribution in [0.4, 0.5) is 4.39 Å². The van der Waals surface area contributed by atoms with Crippen molar-refractivity contribution in [3.05, 3.63) is 61.8 Å². The summed E-state index contributed by atoms with van der Waals surface area (Å²) in [6.45, 7) is 0. The Morgan fingerprint density at radius 2 is 1.75 bits per heavy atom. The summed E-state index contributed by atoms with van der Waals surface area (Å²) in [6.07, 6.45) is 1.58. The van der Waals surface area contributed by atoms with Gasteiger partial charge >= 0.3 is 0 Å². The number of allylic oxidation sites excluding steroid dienone is 1. The van der Waals surface area contributed by atoms with Gasteiger partial charge in [0.2, 0.25) is 5.78 Å². The number of hydrogen-bond donors (Lipinski definition) is 0. The Bertz CT molecular complexity index is 822. The number of ether oxygens (including phenoxy) is 2. The number of hydrogen-bond acceptors (Lipinski definition) is 3. The van der Waals surface area contributed by atoms with Crippen LogP contribution in [0.15, 0.2) is 34.8 Å². The van der Waals surface area contributed by atoms with E-state index in [1.165, 1.54) is 20.3 Å². The zero-order valence-corrected chi connectivity index (χ0v) is 15.8. The zero-order valence-electron chi connectivity index (χ0n) is 12.7. The quantitative estimate of drug-likeness (QED) is 0.341. The molecule has 126 valence electrons. The number of carbonyl (C=O) groups excluding carboxylic acids is 1. The minimum absolute atomic E-state index is 0.0159. The number of Topliss-reactive ketones (excluding diaryl/α,β-unsaturated/α-hetero) is 1. The first-order valence-corrected chi connectivity index (χ1v) is 8.20. The van der Waals surface area contributed by atoms with Crippen molar-refractivity contribution in [1.82, 2.24) is 0 Å². The molecule has 0 aromatic heterocycles. The van der Waals surface area contributed by atoms with E-state index in [0.29, 0.717) is 17.1 Å². The van der Waals surface area contributed by atoms with Gasteiger partial charge in [0.15, 0.2) is 11.5 Å². The van der Waals surface area contributed by atoms with Crippen LogP contribution in [0.2, 0.25) is 10.0 Å². The maximum Gasteiger partial charge on any atom is 0.201 e. The van der Waals surface area contributed by atoms with E-state index in [0.717, 1.165) is 6.07 Å². The fourth-order valence-corrected chi connectivity index (χ4v) is 2.93. The normalized spacial score (nSPS) is 11.3. The Hall–Kier alpha value is -1.56. The lowest BCUT2D eigenvalue weighted by Gasteiger charge is -2.08. The molecule has 0 amide bonds. The van der Waals surface area contributed by atoms with Gasteiger partial charge in [0.25, 0.3) is 0 Å². The summed E-state index contributed by atoms with van der Waals surface area (Å²) >= 11 is 14.8. The topological polar surface area (TPSA) is 35.5 Å². The molecule has 0 aliphatic heterocycles. The molecule has 2 aromatic rings. The van der Waals surface area contributed by atoms with Gasteiger partial charge in [-0.3, -0.25) is 4.79 Å². The fraction of sp³-hybridized carbons (Fsp3) is 0.118. The highest BCUT2D eigenvalue weighted by Gasteiger charge is 2.17. The van der Waals surface area contributed by atoms with E-state index in [9.17, 15) is 9.18 Å². The van der Waals surface area contributed by atoms with E-state index in [2.05, 4.69) is 15.9 Å². The van der Waals surface area contributed by atoms with E-state index < -0.39 is 11.6 Å². The van der Waals surface area contributed by atoms with Crippen molar-refractivity contribution in [3.63, 3.8) is 0 Å². The van der Waals surface area contributed by atoms with Gasteiger partial charge in [0.1, 0.15) is 5.82 Å². The summed E-state index contributed by atoms with van der Waals surface area (Å²) in [5.41, 5.74) is 0.709. The Morgan fingerprint density at radius 1 is 1.08 bits per heavy atom. The molecule has 0 N–H and O–H groups in total. The van der Waals surface area contributed by atoms with Crippen LogP contribution < -0.4 is 9.47 Å². The van der Waals surface area contributed by atoms with Gasteiger partial charge in [-0.05, 0) is 51.8 Å². The fourth-order valence-electron chi connectivity index (χ4n) is 1.98. The van der Waals surface area contributed by atoms with E-state index in [4.69, 9.17) is 32.7 Å². The second-order valence-electron chi connectivity index (χ2n) is 4.68. The summed E-state index contributed by atoms with van der Waals surface area (Å²) in [4.78, 5) is 12.4. The molecule has 0 heterocycles. The highest BCUT2D eigenvalue weighted by molar-refractivity contribution is 9.12. The lowest BCUT2D eigenvalue weighted by Crippen LogP contribution is -2.01. The average Bonchev–Trinajstić information content (AvgIpc) is 2.57. The van der Waals surface area contributed by atoms with Crippen LogP contribution in [0, 0.1) is 5.82 Å².